The molecule has 2 aromatic carbocycles. The predicted molar refractivity (Wildman–Crippen MR) is 126 cm³/mol. The van der Waals surface area contributed by atoms with Gasteiger partial charge in [0.05, 0.1) is 29.2 Å². The molecule has 3 aromatic rings. The third kappa shape index (κ3) is 5.83. The van der Waals surface area contributed by atoms with Crippen LogP contribution in [0.15, 0.2) is 47.4 Å². The average molecular weight is 460 g/mol. The second-order valence-corrected chi connectivity index (χ2v) is 9.45. The van der Waals surface area contributed by atoms with Crippen molar-refractivity contribution in [2.75, 3.05) is 50.0 Å². The number of nitrogens with zero attached hydrogens (tertiary/aromatic N) is 3. The van der Waals surface area contributed by atoms with Crippen molar-refractivity contribution in [1.29, 1.82) is 0 Å². The number of amides is 1. The Labute approximate surface area is 190 Å². The number of ether oxygens (including phenoxy) is 1. The van der Waals surface area contributed by atoms with E-state index in [1.807, 2.05) is 11.0 Å². The average Bonchev–Trinajstić information content (AvgIpc) is 3.22. The Kier molecular flexibility index (Phi) is 7.55. The Morgan fingerprint density at radius 1 is 1.23 bits per heavy atom. The van der Waals surface area contributed by atoms with E-state index in [1.165, 1.54) is 29.5 Å². The van der Waals surface area contributed by atoms with E-state index in [4.69, 9.17) is 9.72 Å². The van der Waals surface area contributed by atoms with Crippen LogP contribution in [0.4, 0.5) is 9.52 Å². The zero-order chi connectivity index (χ0) is 21.6. The maximum absolute atomic E-state index is 13.2. The molecule has 164 valence electrons. The molecule has 4 rings (SSSR count). The molecule has 2 heterocycles. The highest BCUT2D eigenvalue weighted by Crippen LogP contribution is 2.30. The zero-order valence-electron chi connectivity index (χ0n) is 17.6. The Morgan fingerprint density at radius 3 is 2.74 bits per heavy atom. The highest BCUT2D eigenvalue weighted by atomic mass is 32.2. The normalized spacial score (nSPS) is 14.8. The molecule has 0 unspecified atom stereocenters. The van der Waals surface area contributed by atoms with Gasteiger partial charge in [-0.2, -0.15) is 0 Å². The molecule has 8 heteroatoms. The first-order valence-electron chi connectivity index (χ1n) is 10.5. The quantitative estimate of drug-likeness (QED) is 0.466. The van der Waals surface area contributed by atoms with Crippen LogP contribution in [-0.2, 0) is 16.0 Å². The van der Waals surface area contributed by atoms with Crippen molar-refractivity contribution in [2.45, 2.75) is 18.2 Å². The van der Waals surface area contributed by atoms with Gasteiger partial charge < -0.3 is 4.74 Å². The summed E-state index contributed by atoms with van der Waals surface area (Å²) in [5.74, 6) is 0.0197. The SMILES string of the molecule is CCc1ccc2nc(N(CCN3CCOCC3)C(=O)CSc3ccc(F)cc3)sc2c1. The number of aromatic nitrogens is 1. The molecule has 1 aliphatic rings. The fraction of sp³-hybridized carbons (Fsp3) is 0.391. The van der Waals surface area contributed by atoms with Gasteiger partial charge in [-0.25, -0.2) is 9.37 Å². The van der Waals surface area contributed by atoms with Gasteiger partial charge >= 0.3 is 0 Å². The van der Waals surface area contributed by atoms with E-state index in [2.05, 4.69) is 24.0 Å². The van der Waals surface area contributed by atoms with Crippen LogP contribution >= 0.6 is 23.1 Å². The molecule has 0 aliphatic carbocycles. The Hall–Kier alpha value is -2.00. The first-order valence-corrected chi connectivity index (χ1v) is 12.3. The molecule has 0 saturated carbocycles. The van der Waals surface area contributed by atoms with E-state index in [-0.39, 0.29) is 17.5 Å². The van der Waals surface area contributed by atoms with Crippen molar-refractivity contribution in [3.05, 3.63) is 53.8 Å². The van der Waals surface area contributed by atoms with Crippen molar-refractivity contribution in [3.8, 4) is 0 Å². The van der Waals surface area contributed by atoms with Gasteiger partial charge in [0, 0.05) is 31.1 Å². The number of anilines is 1. The van der Waals surface area contributed by atoms with Crippen molar-refractivity contribution in [1.82, 2.24) is 9.88 Å². The molecule has 1 amide bonds. The molecular weight excluding hydrogens is 433 g/mol. The van der Waals surface area contributed by atoms with Gasteiger partial charge in [0.1, 0.15) is 5.82 Å². The summed E-state index contributed by atoms with van der Waals surface area (Å²) in [4.78, 5) is 23.0. The molecule has 1 aromatic heterocycles. The Bertz CT molecular complexity index is 1020. The molecule has 1 aliphatic heterocycles. The molecule has 5 nitrogen and oxygen atoms in total. The number of fused-ring (bicyclic) bond motifs is 1. The summed E-state index contributed by atoms with van der Waals surface area (Å²) in [6.07, 6.45) is 0.969. The summed E-state index contributed by atoms with van der Waals surface area (Å²) in [6, 6.07) is 12.5. The number of thiazole rings is 1. The van der Waals surface area contributed by atoms with Crippen molar-refractivity contribution in [2.24, 2.45) is 0 Å². The van der Waals surface area contributed by atoms with Crippen LogP contribution in [0.2, 0.25) is 0 Å². The van der Waals surface area contributed by atoms with Crippen LogP contribution < -0.4 is 4.90 Å². The molecule has 0 atom stereocenters. The standard InChI is InChI=1S/C23H26FN3O2S2/c1-2-17-3-8-20-21(15-17)31-23(25-20)27(10-9-26-11-13-29-14-12-26)22(28)16-30-19-6-4-18(24)5-7-19/h3-8,15H,2,9-14,16H2,1H3. The van der Waals surface area contributed by atoms with Gasteiger partial charge in [0.25, 0.3) is 0 Å². The van der Waals surface area contributed by atoms with E-state index >= 15 is 0 Å². The number of morpholine rings is 1. The topological polar surface area (TPSA) is 45.7 Å². The third-order valence-electron chi connectivity index (χ3n) is 5.30. The second-order valence-electron chi connectivity index (χ2n) is 7.39. The Morgan fingerprint density at radius 2 is 2.00 bits per heavy atom. The number of halogens is 1. The number of thioether (sulfide) groups is 1. The van der Waals surface area contributed by atoms with Crippen LogP contribution in [0.1, 0.15) is 12.5 Å². The van der Waals surface area contributed by atoms with Crippen LogP contribution in [0, 0.1) is 5.82 Å². The number of hydrogen-bond acceptors (Lipinski definition) is 6. The molecule has 0 radical (unpaired) electrons. The van der Waals surface area contributed by atoms with Gasteiger partial charge in [-0.05, 0) is 48.4 Å². The third-order valence-corrected chi connectivity index (χ3v) is 7.34. The van der Waals surface area contributed by atoms with E-state index in [0.29, 0.717) is 6.54 Å². The van der Waals surface area contributed by atoms with Gasteiger partial charge in [-0.3, -0.25) is 14.6 Å². The van der Waals surface area contributed by atoms with Crippen molar-refractivity contribution < 1.29 is 13.9 Å². The van der Waals surface area contributed by atoms with Crippen LogP contribution in [0.3, 0.4) is 0 Å². The van der Waals surface area contributed by atoms with Gasteiger partial charge in [-0.1, -0.05) is 24.3 Å². The second kappa shape index (κ2) is 10.5. The fourth-order valence-electron chi connectivity index (χ4n) is 3.44. The molecule has 31 heavy (non-hydrogen) atoms. The molecule has 1 saturated heterocycles. The number of rotatable bonds is 8. The lowest BCUT2D eigenvalue weighted by Crippen LogP contribution is -2.43. The first-order chi connectivity index (χ1) is 15.1. The number of aryl methyl sites for hydroxylation is 1. The highest BCUT2D eigenvalue weighted by Gasteiger charge is 2.22. The van der Waals surface area contributed by atoms with Gasteiger partial charge in [0.2, 0.25) is 5.91 Å². The smallest absolute Gasteiger partial charge is 0.239 e. The number of benzene rings is 2. The van der Waals surface area contributed by atoms with Crippen LogP contribution in [0.5, 0.6) is 0 Å². The maximum atomic E-state index is 13.2. The summed E-state index contributed by atoms with van der Waals surface area (Å²) >= 11 is 2.99. The summed E-state index contributed by atoms with van der Waals surface area (Å²) in [6.45, 7) is 6.73. The van der Waals surface area contributed by atoms with Crippen LogP contribution in [0.25, 0.3) is 10.2 Å². The summed E-state index contributed by atoms with van der Waals surface area (Å²) < 4.78 is 19.7. The summed E-state index contributed by atoms with van der Waals surface area (Å²) in [7, 11) is 0. The minimum atomic E-state index is -0.274. The van der Waals surface area contributed by atoms with Crippen molar-refractivity contribution >= 4 is 44.4 Å². The number of hydrogen-bond donors (Lipinski definition) is 0. The molecule has 1 fully saturated rings. The maximum Gasteiger partial charge on any atom is 0.239 e. The van der Waals surface area contributed by atoms with Gasteiger partial charge in [-0.15, -0.1) is 11.8 Å². The Balaban J connectivity index is 1.51. The van der Waals surface area contributed by atoms with Crippen molar-refractivity contribution in [3.63, 3.8) is 0 Å². The molecular formula is C23H26FN3O2S2. The lowest BCUT2D eigenvalue weighted by atomic mass is 10.2. The number of carbonyl (C=O) groups excluding carboxylic acids is 1. The molecule has 0 spiro atoms. The van der Waals surface area contributed by atoms with Crippen LogP contribution in [-0.4, -0.2) is 60.9 Å². The van der Waals surface area contributed by atoms with E-state index in [1.54, 1.807) is 23.5 Å². The lowest BCUT2D eigenvalue weighted by molar-refractivity contribution is -0.116. The monoisotopic (exact) mass is 459 g/mol. The van der Waals surface area contributed by atoms with Gasteiger partial charge in [0.15, 0.2) is 5.13 Å². The van der Waals surface area contributed by atoms with E-state index in [9.17, 15) is 9.18 Å². The lowest BCUT2D eigenvalue weighted by Gasteiger charge is -2.29. The summed E-state index contributed by atoms with van der Waals surface area (Å²) in [5.41, 5.74) is 2.19. The minimum Gasteiger partial charge on any atom is -0.379 e. The fourth-order valence-corrected chi connectivity index (χ4v) is 5.29. The highest BCUT2D eigenvalue weighted by molar-refractivity contribution is 8.00. The number of carbonyl (C=O) groups is 1. The predicted octanol–water partition coefficient (Wildman–Crippen LogP) is 4.46. The van der Waals surface area contributed by atoms with E-state index < -0.39 is 0 Å². The molecule has 0 N–H and O–H groups in total. The molecule has 0 bridgehead atoms. The zero-order valence-corrected chi connectivity index (χ0v) is 19.2. The van der Waals surface area contributed by atoms with E-state index in [0.717, 1.165) is 59.5 Å². The largest absolute Gasteiger partial charge is 0.379 e. The first kappa shape index (κ1) is 22.2. The minimum absolute atomic E-state index is 0.0114. The summed E-state index contributed by atoms with van der Waals surface area (Å²) in [5, 5.41) is 0.737.